The third-order valence-electron chi connectivity index (χ3n) is 3.25. The van der Waals surface area contributed by atoms with Gasteiger partial charge in [-0.05, 0) is 23.8 Å². The Morgan fingerprint density at radius 3 is 3.10 bits per heavy atom. The van der Waals surface area contributed by atoms with Crippen LogP contribution in [0.5, 0.6) is 0 Å². The van der Waals surface area contributed by atoms with Crippen LogP contribution in [0.1, 0.15) is 12.0 Å². The van der Waals surface area contributed by atoms with Crippen molar-refractivity contribution in [2.75, 3.05) is 13.2 Å². The molecule has 0 saturated carbocycles. The molecule has 1 aliphatic rings. The zero-order valence-electron chi connectivity index (χ0n) is 11.0. The number of benzene rings is 1. The van der Waals surface area contributed by atoms with Gasteiger partial charge in [0.05, 0.1) is 18.7 Å². The van der Waals surface area contributed by atoms with Crippen LogP contribution in [0.2, 0.25) is 0 Å². The second-order valence-corrected chi connectivity index (χ2v) is 4.67. The average Bonchev–Trinajstić information content (AvgIpc) is 2.98. The van der Waals surface area contributed by atoms with E-state index in [0.717, 1.165) is 22.9 Å². The Morgan fingerprint density at radius 1 is 1.35 bits per heavy atom. The van der Waals surface area contributed by atoms with Crippen LogP contribution in [-0.4, -0.2) is 30.3 Å². The molecular formula is C16H15NO3. The third-order valence-corrected chi connectivity index (χ3v) is 3.25. The molecule has 2 heterocycles. The molecule has 3 rings (SSSR count). The summed E-state index contributed by atoms with van der Waals surface area (Å²) in [5.74, 6) is -0.332. The molecule has 0 bridgehead atoms. The van der Waals surface area contributed by atoms with E-state index in [2.05, 4.69) is 4.98 Å². The summed E-state index contributed by atoms with van der Waals surface area (Å²) in [6.07, 6.45) is 5.62. The van der Waals surface area contributed by atoms with Gasteiger partial charge in [-0.1, -0.05) is 18.2 Å². The van der Waals surface area contributed by atoms with Crippen molar-refractivity contribution in [3.05, 3.63) is 48.2 Å². The lowest BCUT2D eigenvalue weighted by Gasteiger charge is -2.07. The van der Waals surface area contributed by atoms with Crippen LogP contribution >= 0.6 is 0 Å². The molecule has 1 fully saturated rings. The van der Waals surface area contributed by atoms with Crippen molar-refractivity contribution in [1.82, 2.24) is 4.98 Å². The van der Waals surface area contributed by atoms with Gasteiger partial charge in [0.2, 0.25) is 0 Å². The van der Waals surface area contributed by atoms with E-state index >= 15 is 0 Å². The largest absolute Gasteiger partial charge is 0.457 e. The number of carbonyl (C=O) groups excluding carboxylic acids is 1. The van der Waals surface area contributed by atoms with Gasteiger partial charge in [0, 0.05) is 24.1 Å². The number of nitrogens with zero attached hydrogens (tertiary/aromatic N) is 1. The molecule has 0 radical (unpaired) electrons. The molecule has 0 N–H and O–H groups in total. The quantitative estimate of drug-likeness (QED) is 0.634. The molecule has 102 valence electrons. The molecule has 0 aliphatic carbocycles. The van der Waals surface area contributed by atoms with Crippen molar-refractivity contribution in [3.63, 3.8) is 0 Å². The summed E-state index contributed by atoms with van der Waals surface area (Å²) in [5, 5.41) is 1.02. The Labute approximate surface area is 117 Å². The van der Waals surface area contributed by atoms with Crippen molar-refractivity contribution < 1.29 is 14.3 Å². The van der Waals surface area contributed by atoms with Crippen molar-refractivity contribution in [3.8, 4) is 0 Å². The van der Waals surface area contributed by atoms with Crippen molar-refractivity contribution in [2.24, 2.45) is 0 Å². The van der Waals surface area contributed by atoms with E-state index in [9.17, 15) is 4.79 Å². The number of hydrogen-bond donors (Lipinski definition) is 0. The van der Waals surface area contributed by atoms with Gasteiger partial charge in [-0.2, -0.15) is 0 Å². The summed E-state index contributed by atoms with van der Waals surface area (Å²) in [4.78, 5) is 16.0. The molecule has 1 aromatic carbocycles. The highest BCUT2D eigenvalue weighted by Gasteiger charge is 2.18. The van der Waals surface area contributed by atoms with Crippen LogP contribution in [0.25, 0.3) is 17.0 Å². The first-order valence-electron chi connectivity index (χ1n) is 6.63. The predicted octanol–water partition coefficient (Wildman–Crippen LogP) is 2.58. The van der Waals surface area contributed by atoms with E-state index in [1.165, 1.54) is 6.08 Å². The Kier molecular flexibility index (Phi) is 3.74. The third kappa shape index (κ3) is 2.86. The molecule has 0 spiro atoms. The van der Waals surface area contributed by atoms with Crippen LogP contribution in [0, 0.1) is 0 Å². The molecule has 1 aliphatic heterocycles. The maximum Gasteiger partial charge on any atom is 0.331 e. The molecule has 1 saturated heterocycles. The lowest BCUT2D eigenvalue weighted by atomic mass is 10.1. The minimum absolute atomic E-state index is 0.110. The van der Waals surface area contributed by atoms with E-state index in [0.29, 0.717) is 13.2 Å². The van der Waals surface area contributed by atoms with Crippen LogP contribution in [-0.2, 0) is 14.3 Å². The first-order valence-corrected chi connectivity index (χ1v) is 6.63. The van der Waals surface area contributed by atoms with E-state index in [1.54, 1.807) is 12.3 Å². The summed E-state index contributed by atoms with van der Waals surface area (Å²) in [5.41, 5.74) is 1.86. The van der Waals surface area contributed by atoms with E-state index in [-0.39, 0.29) is 12.1 Å². The second kappa shape index (κ2) is 5.84. The zero-order chi connectivity index (χ0) is 13.8. The minimum Gasteiger partial charge on any atom is -0.457 e. The number of esters is 1. The molecular weight excluding hydrogens is 254 g/mol. The van der Waals surface area contributed by atoms with Crippen molar-refractivity contribution >= 4 is 22.9 Å². The molecule has 20 heavy (non-hydrogen) atoms. The number of carbonyl (C=O) groups is 1. The Balaban J connectivity index is 1.75. The molecule has 4 nitrogen and oxygen atoms in total. The van der Waals surface area contributed by atoms with Crippen LogP contribution in [0.4, 0.5) is 0 Å². The lowest BCUT2D eigenvalue weighted by molar-refractivity contribution is -0.142. The van der Waals surface area contributed by atoms with E-state index in [1.807, 2.05) is 30.3 Å². The van der Waals surface area contributed by atoms with Gasteiger partial charge in [0.25, 0.3) is 0 Å². The maximum absolute atomic E-state index is 11.7. The SMILES string of the molecule is O=C(/C=C/c1ccnc2ccccc12)O[C@@H]1CCOC1. The molecule has 0 unspecified atom stereocenters. The highest BCUT2D eigenvalue weighted by atomic mass is 16.6. The summed E-state index contributed by atoms with van der Waals surface area (Å²) < 4.78 is 10.4. The normalized spacial score (nSPS) is 18.7. The number of hydrogen-bond acceptors (Lipinski definition) is 4. The van der Waals surface area contributed by atoms with Gasteiger partial charge in [-0.25, -0.2) is 4.79 Å². The average molecular weight is 269 g/mol. The summed E-state index contributed by atoms with van der Waals surface area (Å²) in [7, 11) is 0. The summed E-state index contributed by atoms with van der Waals surface area (Å²) in [6.45, 7) is 1.16. The first kappa shape index (κ1) is 12.8. The minimum atomic E-state index is -0.332. The first-order chi connectivity index (χ1) is 9.83. The molecule has 2 aromatic rings. The van der Waals surface area contributed by atoms with Gasteiger partial charge in [-0.3, -0.25) is 4.98 Å². The fraction of sp³-hybridized carbons (Fsp3) is 0.250. The molecule has 1 aromatic heterocycles. The van der Waals surface area contributed by atoms with Crippen LogP contribution in [0.3, 0.4) is 0 Å². The number of rotatable bonds is 3. The van der Waals surface area contributed by atoms with Gasteiger partial charge >= 0.3 is 5.97 Å². The fourth-order valence-corrected chi connectivity index (χ4v) is 2.23. The van der Waals surface area contributed by atoms with Crippen LogP contribution < -0.4 is 0 Å². The Morgan fingerprint density at radius 2 is 2.25 bits per heavy atom. The molecule has 4 heteroatoms. The second-order valence-electron chi connectivity index (χ2n) is 4.67. The zero-order valence-corrected chi connectivity index (χ0v) is 11.0. The monoisotopic (exact) mass is 269 g/mol. The van der Waals surface area contributed by atoms with E-state index in [4.69, 9.17) is 9.47 Å². The highest BCUT2D eigenvalue weighted by Crippen LogP contribution is 2.17. The number of aromatic nitrogens is 1. The van der Waals surface area contributed by atoms with Gasteiger partial charge < -0.3 is 9.47 Å². The van der Waals surface area contributed by atoms with Gasteiger partial charge in [0.1, 0.15) is 6.10 Å². The summed E-state index contributed by atoms with van der Waals surface area (Å²) in [6, 6.07) is 9.70. The van der Waals surface area contributed by atoms with Gasteiger partial charge in [-0.15, -0.1) is 0 Å². The van der Waals surface area contributed by atoms with Crippen molar-refractivity contribution in [1.29, 1.82) is 0 Å². The Hall–Kier alpha value is -2.20. The molecule has 0 amide bonds. The Bertz CT molecular complexity index is 640. The number of para-hydroxylation sites is 1. The fourth-order valence-electron chi connectivity index (χ4n) is 2.23. The number of ether oxygens (including phenoxy) is 2. The number of pyridine rings is 1. The predicted molar refractivity (Wildman–Crippen MR) is 76.1 cm³/mol. The highest BCUT2D eigenvalue weighted by molar-refractivity contribution is 5.93. The standard InChI is InChI=1S/C16H15NO3/c18-16(20-13-8-10-19-11-13)6-5-12-7-9-17-15-4-2-1-3-14(12)15/h1-7,9,13H,8,10-11H2/b6-5+/t13-/m1/s1. The van der Waals surface area contributed by atoms with Gasteiger partial charge in [0.15, 0.2) is 0 Å². The number of fused-ring (bicyclic) bond motifs is 1. The van der Waals surface area contributed by atoms with Crippen LogP contribution in [0.15, 0.2) is 42.6 Å². The maximum atomic E-state index is 11.7. The molecule has 1 atom stereocenters. The lowest BCUT2D eigenvalue weighted by Crippen LogP contribution is -2.16. The van der Waals surface area contributed by atoms with Crippen molar-refractivity contribution in [2.45, 2.75) is 12.5 Å². The smallest absolute Gasteiger partial charge is 0.331 e. The van der Waals surface area contributed by atoms with E-state index < -0.39 is 0 Å². The topological polar surface area (TPSA) is 48.4 Å². The summed E-state index contributed by atoms with van der Waals surface area (Å²) >= 11 is 0.